The number of ether oxygens (including phenoxy) is 2. The number of hydrogen-bond acceptors (Lipinski definition) is 6. The summed E-state index contributed by atoms with van der Waals surface area (Å²) in [6.07, 6.45) is -0.731. The maximum atomic E-state index is 11.6. The Bertz CT molecular complexity index is 611. The van der Waals surface area contributed by atoms with Gasteiger partial charge in [-0.3, -0.25) is 14.9 Å². The SMILES string of the molecule is CCC(=O)c1ccc(OCC(=O)O[C@@H](C)C(=O)NC(=O)NC)cc1. The topological polar surface area (TPSA) is 111 Å². The number of imide groups is 1. The van der Waals surface area contributed by atoms with Crippen LogP contribution in [0.15, 0.2) is 24.3 Å². The van der Waals surface area contributed by atoms with Gasteiger partial charge >= 0.3 is 12.0 Å². The van der Waals surface area contributed by atoms with Crippen molar-refractivity contribution in [1.29, 1.82) is 0 Å². The van der Waals surface area contributed by atoms with Gasteiger partial charge in [0, 0.05) is 19.0 Å². The largest absolute Gasteiger partial charge is 0.482 e. The van der Waals surface area contributed by atoms with E-state index in [0.29, 0.717) is 17.7 Å². The summed E-state index contributed by atoms with van der Waals surface area (Å²) >= 11 is 0. The van der Waals surface area contributed by atoms with Gasteiger partial charge in [-0.2, -0.15) is 0 Å². The molecular weight excluding hydrogens is 316 g/mol. The molecule has 24 heavy (non-hydrogen) atoms. The molecule has 8 nitrogen and oxygen atoms in total. The van der Waals surface area contributed by atoms with Crippen molar-refractivity contribution in [3.05, 3.63) is 29.8 Å². The van der Waals surface area contributed by atoms with Crippen LogP contribution in [0.25, 0.3) is 0 Å². The zero-order chi connectivity index (χ0) is 18.1. The van der Waals surface area contributed by atoms with E-state index in [9.17, 15) is 19.2 Å². The quantitative estimate of drug-likeness (QED) is 0.569. The number of hydrogen-bond donors (Lipinski definition) is 2. The van der Waals surface area contributed by atoms with Gasteiger partial charge in [0.25, 0.3) is 5.91 Å². The summed E-state index contributed by atoms with van der Waals surface area (Å²) in [5.74, 6) is -1.10. The molecule has 130 valence electrons. The molecule has 0 saturated carbocycles. The maximum Gasteiger partial charge on any atom is 0.344 e. The van der Waals surface area contributed by atoms with Crippen molar-refractivity contribution in [3.63, 3.8) is 0 Å². The fourth-order valence-corrected chi connectivity index (χ4v) is 1.64. The minimum atomic E-state index is -1.14. The Hall–Kier alpha value is -2.90. The standard InChI is InChI=1S/C16H20N2O6/c1-4-13(19)11-5-7-12(8-6-11)23-9-14(20)24-10(2)15(21)18-16(22)17-3/h5-8,10H,4,9H2,1-3H3,(H2,17,18,21,22)/t10-/m0/s1. The number of urea groups is 1. The zero-order valence-electron chi connectivity index (χ0n) is 13.8. The predicted molar refractivity (Wildman–Crippen MR) is 84.7 cm³/mol. The first-order valence-electron chi connectivity index (χ1n) is 7.35. The number of carbonyl (C=O) groups excluding carboxylic acids is 4. The average molecular weight is 336 g/mol. The Morgan fingerprint density at radius 1 is 1.12 bits per heavy atom. The van der Waals surface area contributed by atoms with Gasteiger partial charge in [-0.25, -0.2) is 9.59 Å². The molecule has 3 amide bonds. The first-order valence-corrected chi connectivity index (χ1v) is 7.35. The van der Waals surface area contributed by atoms with Gasteiger partial charge in [-0.1, -0.05) is 6.92 Å². The second-order valence-corrected chi connectivity index (χ2v) is 4.79. The molecule has 0 fully saturated rings. The van der Waals surface area contributed by atoms with E-state index >= 15 is 0 Å². The first-order chi connectivity index (χ1) is 11.4. The molecule has 0 unspecified atom stereocenters. The highest BCUT2D eigenvalue weighted by Crippen LogP contribution is 2.13. The maximum absolute atomic E-state index is 11.6. The smallest absolute Gasteiger partial charge is 0.344 e. The van der Waals surface area contributed by atoms with Crippen LogP contribution < -0.4 is 15.4 Å². The lowest BCUT2D eigenvalue weighted by Gasteiger charge is -2.13. The van der Waals surface area contributed by atoms with E-state index in [1.54, 1.807) is 31.2 Å². The zero-order valence-corrected chi connectivity index (χ0v) is 13.8. The lowest BCUT2D eigenvalue weighted by Crippen LogP contribution is -2.43. The molecule has 0 aliphatic carbocycles. The van der Waals surface area contributed by atoms with Crippen LogP contribution in [-0.4, -0.2) is 43.4 Å². The summed E-state index contributed by atoms with van der Waals surface area (Å²) in [4.78, 5) is 45.6. The lowest BCUT2D eigenvalue weighted by molar-refractivity contribution is -0.156. The van der Waals surface area contributed by atoms with E-state index in [-0.39, 0.29) is 5.78 Å². The molecule has 1 aromatic rings. The van der Waals surface area contributed by atoms with Gasteiger partial charge in [0.05, 0.1) is 0 Å². The first kappa shape index (κ1) is 19.1. The predicted octanol–water partition coefficient (Wildman–Crippen LogP) is 1.05. The van der Waals surface area contributed by atoms with Gasteiger partial charge in [0.1, 0.15) is 5.75 Å². The van der Waals surface area contributed by atoms with Crippen molar-refractivity contribution >= 4 is 23.7 Å². The molecule has 0 radical (unpaired) electrons. The summed E-state index contributed by atoms with van der Waals surface area (Å²) in [6, 6.07) is 5.65. The number of carbonyl (C=O) groups is 4. The Balaban J connectivity index is 2.44. The second kappa shape index (κ2) is 9.29. The van der Waals surface area contributed by atoms with Crippen LogP contribution in [0.5, 0.6) is 5.75 Å². The second-order valence-electron chi connectivity index (χ2n) is 4.79. The summed E-state index contributed by atoms with van der Waals surface area (Å²) in [6.45, 7) is 2.70. The summed E-state index contributed by atoms with van der Waals surface area (Å²) in [5, 5.41) is 4.20. The van der Waals surface area contributed by atoms with Crippen LogP contribution in [-0.2, 0) is 14.3 Å². The molecule has 0 spiro atoms. The molecule has 8 heteroatoms. The van der Waals surface area contributed by atoms with E-state index in [1.807, 2.05) is 5.32 Å². The van der Waals surface area contributed by atoms with Gasteiger partial charge in [0.2, 0.25) is 0 Å². The van der Waals surface area contributed by atoms with Crippen molar-refractivity contribution in [2.45, 2.75) is 26.4 Å². The number of benzene rings is 1. The van der Waals surface area contributed by atoms with Crippen molar-refractivity contribution in [2.24, 2.45) is 0 Å². The van der Waals surface area contributed by atoms with E-state index in [2.05, 4.69) is 5.32 Å². The van der Waals surface area contributed by atoms with E-state index in [1.165, 1.54) is 14.0 Å². The van der Waals surface area contributed by atoms with Crippen LogP contribution in [0, 0.1) is 0 Å². The van der Waals surface area contributed by atoms with Crippen LogP contribution >= 0.6 is 0 Å². The van der Waals surface area contributed by atoms with Crippen LogP contribution in [0.4, 0.5) is 4.79 Å². The molecule has 0 saturated heterocycles. The highest BCUT2D eigenvalue weighted by molar-refractivity contribution is 5.97. The Morgan fingerprint density at radius 3 is 2.29 bits per heavy atom. The Kier molecular flexibility index (Phi) is 7.41. The number of esters is 1. The molecule has 0 aromatic heterocycles. The van der Waals surface area contributed by atoms with Crippen LogP contribution in [0.1, 0.15) is 30.6 Å². The minimum absolute atomic E-state index is 0.0110. The molecule has 1 rings (SSSR count). The van der Waals surface area contributed by atoms with Crippen molar-refractivity contribution in [3.8, 4) is 5.75 Å². The van der Waals surface area contributed by atoms with Gasteiger partial charge in [-0.15, -0.1) is 0 Å². The average Bonchev–Trinajstić information content (AvgIpc) is 2.59. The molecule has 0 bridgehead atoms. The van der Waals surface area contributed by atoms with Crippen molar-refractivity contribution in [2.75, 3.05) is 13.7 Å². The molecule has 2 N–H and O–H groups in total. The van der Waals surface area contributed by atoms with E-state index in [0.717, 1.165) is 0 Å². The number of nitrogens with one attached hydrogen (secondary N) is 2. The fourth-order valence-electron chi connectivity index (χ4n) is 1.64. The minimum Gasteiger partial charge on any atom is -0.482 e. The monoisotopic (exact) mass is 336 g/mol. The third-order valence-electron chi connectivity index (χ3n) is 3.00. The number of ketones is 1. The molecule has 0 heterocycles. The van der Waals surface area contributed by atoms with Crippen molar-refractivity contribution < 1.29 is 28.7 Å². The number of Topliss-reactive ketones (excluding diaryl/α,β-unsaturated/α-hetero) is 1. The summed E-state index contributed by atoms with van der Waals surface area (Å²) in [7, 11) is 1.35. The van der Waals surface area contributed by atoms with Crippen molar-refractivity contribution in [1.82, 2.24) is 10.6 Å². The van der Waals surface area contributed by atoms with Gasteiger partial charge < -0.3 is 14.8 Å². The van der Waals surface area contributed by atoms with E-state index in [4.69, 9.17) is 9.47 Å². The highest BCUT2D eigenvalue weighted by atomic mass is 16.6. The third-order valence-corrected chi connectivity index (χ3v) is 3.00. The van der Waals surface area contributed by atoms with Crippen LogP contribution in [0.2, 0.25) is 0 Å². The highest BCUT2D eigenvalue weighted by Gasteiger charge is 2.19. The molecule has 1 atom stereocenters. The lowest BCUT2D eigenvalue weighted by atomic mass is 10.1. The summed E-state index contributed by atoms with van der Waals surface area (Å²) < 4.78 is 10.1. The van der Waals surface area contributed by atoms with Gasteiger partial charge in [0.15, 0.2) is 18.5 Å². The fraction of sp³-hybridized carbons (Fsp3) is 0.375. The summed E-state index contributed by atoms with van der Waals surface area (Å²) in [5.41, 5.74) is 0.562. The Labute approximate surface area is 139 Å². The molecule has 1 aromatic carbocycles. The molecular formula is C16H20N2O6. The molecule has 0 aliphatic rings. The van der Waals surface area contributed by atoms with Gasteiger partial charge in [-0.05, 0) is 31.2 Å². The van der Waals surface area contributed by atoms with E-state index < -0.39 is 30.6 Å². The molecule has 0 aliphatic heterocycles. The number of amides is 3. The van der Waals surface area contributed by atoms with Crippen LogP contribution in [0.3, 0.4) is 0 Å². The normalized spacial score (nSPS) is 11.1. The third kappa shape index (κ3) is 6.07. The number of rotatable bonds is 7. The Morgan fingerprint density at radius 2 is 1.75 bits per heavy atom.